The molecule has 6 aliphatic rings. The van der Waals surface area contributed by atoms with Crippen LogP contribution in [0.4, 0.5) is 0 Å². The Morgan fingerprint density at radius 1 is 0.474 bits per heavy atom. The van der Waals surface area contributed by atoms with Crippen LogP contribution in [0.1, 0.15) is 86.2 Å². The molecule has 1 heterocycles. The van der Waals surface area contributed by atoms with Crippen molar-refractivity contribution in [1.82, 2.24) is 4.98 Å². The number of allylic oxidation sites excluding steroid dienone is 9. The lowest BCUT2D eigenvalue weighted by molar-refractivity contribution is 0.675. The van der Waals surface area contributed by atoms with Gasteiger partial charge in [-0.25, -0.2) is 0 Å². The first-order valence-electron chi connectivity index (χ1n) is 26.9. The van der Waals surface area contributed by atoms with Gasteiger partial charge in [0.25, 0.3) is 0 Å². The molecule has 1 nitrogen and oxygen atoms in total. The van der Waals surface area contributed by atoms with Crippen molar-refractivity contribution in [3.05, 3.63) is 346 Å². The van der Waals surface area contributed by atoms with E-state index in [0.717, 1.165) is 28.9 Å². The largest absolute Gasteiger partial charge is 0.251 e. The minimum Gasteiger partial charge on any atom is -0.251 e. The molecule has 10 aromatic rings. The van der Waals surface area contributed by atoms with Crippen molar-refractivity contribution >= 4 is 5.57 Å². The van der Waals surface area contributed by atoms with Gasteiger partial charge in [-0.3, -0.25) is 4.98 Å². The summed E-state index contributed by atoms with van der Waals surface area (Å²) in [6, 6.07) is 84.2. The lowest BCUT2D eigenvalue weighted by atomic mass is 9.68. The summed E-state index contributed by atoms with van der Waals surface area (Å²) in [5, 5.41) is 0. The summed E-state index contributed by atoms with van der Waals surface area (Å²) in [4.78, 5) is 5.82. The standard InChI is InChI=1S/C75H51N/c1-47(49-41-43-59-57-29-9-17-37-67(57)74(69(59)45-49)63-33-13-5-25-53(63)54-26-6-14-34-64(54)74)21-19-22-48(2)73(61-31-11-3-23-51(61)52-24-4-12-32-62(52)73)72-40-20-39-71(76-72)50-42-44-60-58-30-10-18-38-68(58)75(70(60)46-50)65-35-15-7-27-55(65)56-28-8-16-36-66(56)75/h3-23,25-46,52H,2,24H2,1H3/b22-19-,47-21+. The molecule has 1 heteroatoms. The van der Waals surface area contributed by atoms with E-state index in [9.17, 15) is 0 Å². The van der Waals surface area contributed by atoms with E-state index in [1.165, 1.54) is 117 Å². The van der Waals surface area contributed by atoms with E-state index in [1.54, 1.807) is 0 Å². The van der Waals surface area contributed by atoms with Gasteiger partial charge in [0, 0.05) is 11.5 Å². The Labute approximate surface area is 445 Å². The zero-order chi connectivity index (χ0) is 50.3. The van der Waals surface area contributed by atoms with E-state index in [0.29, 0.717) is 0 Å². The second-order valence-electron chi connectivity index (χ2n) is 21.6. The molecule has 0 saturated carbocycles. The molecule has 1 aromatic heterocycles. The Bertz CT molecular complexity index is 4190. The van der Waals surface area contributed by atoms with Gasteiger partial charge in [-0.1, -0.05) is 243 Å². The van der Waals surface area contributed by atoms with Crippen LogP contribution in [0.15, 0.2) is 279 Å². The fourth-order valence-electron chi connectivity index (χ4n) is 15.3. The first-order valence-corrected chi connectivity index (χ1v) is 26.9. The van der Waals surface area contributed by atoms with Crippen molar-refractivity contribution in [2.75, 3.05) is 0 Å². The Balaban J connectivity index is 0.817. The minimum atomic E-state index is -0.688. The maximum atomic E-state index is 5.82. The zero-order valence-corrected chi connectivity index (χ0v) is 42.3. The summed E-state index contributed by atoms with van der Waals surface area (Å²) in [6.07, 6.45) is 14.6. The molecule has 0 radical (unpaired) electrons. The lowest BCUT2D eigenvalue weighted by Gasteiger charge is -2.35. The van der Waals surface area contributed by atoms with E-state index < -0.39 is 10.8 Å². The summed E-state index contributed by atoms with van der Waals surface area (Å²) in [5.41, 5.74) is 30.1. The summed E-state index contributed by atoms with van der Waals surface area (Å²) < 4.78 is 0. The zero-order valence-electron chi connectivity index (χ0n) is 42.3. The predicted octanol–water partition coefficient (Wildman–Crippen LogP) is 17.9. The van der Waals surface area contributed by atoms with E-state index >= 15 is 0 Å². The van der Waals surface area contributed by atoms with Crippen LogP contribution in [0.3, 0.4) is 0 Å². The van der Waals surface area contributed by atoms with Crippen LogP contribution in [0.5, 0.6) is 0 Å². The number of fused-ring (bicyclic) bond motifs is 23. The highest BCUT2D eigenvalue weighted by Crippen LogP contribution is 2.65. The molecule has 0 fully saturated rings. The highest BCUT2D eigenvalue weighted by atomic mass is 14.8. The average molecular weight is 966 g/mol. The molecule has 6 aliphatic carbocycles. The molecule has 0 aliphatic heterocycles. The van der Waals surface area contributed by atoms with Gasteiger partial charge in [0.05, 0.1) is 27.6 Å². The average Bonchev–Trinajstić information content (AvgIpc) is 4.36. The molecule has 2 unspecified atom stereocenters. The fraction of sp³-hybridized carbons (Fsp3) is 0.0800. The van der Waals surface area contributed by atoms with Crippen LogP contribution in [0.25, 0.3) is 61.3 Å². The monoisotopic (exact) mass is 965 g/mol. The maximum Gasteiger partial charge on any atom is 0.0840 e. The quantitative estimate of drug-likeness (QED) is 0.151. The van der Waals surface area contributed by atoms with Crippen LogP contribution < -0.4 is 0 Å². The number of aromatic nitrogens is 1. The van der Waals surface area contributed by atoms with E-state index in [-0.39, 0.29) is 11.3 Å². The number of benzene rings is 9. The van der Waals surface area contributed by atoms with Gasteiger partial charge in [-0.05, 0) is 160 Å². The van der Waals surface area contributed by atoms with Crippen LogP contribution >= 0.6 is 0 Å². The Hall–Kier alpha value is -9.17. The molecule has 356 valence electrons. The highest BCUT2D eigenvalue weighted by Gasteiger charge is 2.54. The summed E-state index contributed by atoms with van der Waals surface area (Å²) in [5.74, 6) is 0.226. The maximum absolute atomic E-state index is 5.82. The molecular weight excluding hydrogens is 915 g/mol. The van der Waals surface area contributed by atoms with Gasteiger partial charge in [0.15, 0.2) is 0 Å². The number of hydrogen-bond donors (Lipinski definition) is 0. The van der Waals surface area contributed by atoms with Crippen LogP contribution in [-0.2, 0) is 16.2 Å². The van der Waals surface area contributed by atoms with Crippen molar-refractivity contribution in [2.24, 2.45) is 0 Å². The molecule has 0 bridgehead atoms. The van der Waals surface area contributed by atoms with Crippen LogP contribution in [0, 0.1) is 0 Å². The van der Waals surface area contributed by atoms with Crippen molar-refractivity contribution in [2.45, 2.75) is 35.5 Å². The Morgan fingerprint density at radius 2 is 0.934 bits per heavy atom. The van der Waals surface area contributed by atoms with Gasteiger partial charge in [0.1, 0.15) is 0 Å². The molecule has 76 heavy (non-hydrogen) atoms. The molecule has 16 rings (SSSR count). The second-order valence-corrected chi connectivity index (χ2v) is 21.6. The molecule has 0 N–H and O–H groups in total. The van der Waals surface area contributed by atoms with Crippen molar-refractivity contribution in [1.29, 1.82) is 0 Å². The highest BCUT2D eigenvalue weighted by molar-refractivity contribution is 5.97. The number of hydrogen-bond acceptors (Lipinski definition) is 1. The van der Waals surface area contributed by atoms with Crippen molar-refractivity contribution in [3.8, 4) is 55.8 Å². The third-order valence-corrected chi connectivity index (χ3v) is 18.3. The summed E-state index contributed by atoms with van der Waals surface area (Å²) in [6.45, 7) is 7.30. The normalized spacial score (nSPS) is 18.5. The van der Waals surface area contributed by atoms with Crippen molar-refractivity contribution in [3.63, 3.8) is 0 Å². The lowest BCUT2D eigenvalue weighted by Crippen LogP contribution is -2.31. The molecule has 9 aromatic carbocycles. The second kappa shape index (κ2) is 15.9. The topological polar surface area (TPSA) is 12.9 Å². The smallest absolute Gasteiger partial charge is 0.0840 e. The SMILES string of the molecule is C=C(/C=C\C=C(/C)c1ccc2c(c1)C1(c3ccccc3-c3ccccc31)c1ccccc1-2)C1(c2cccc(-c3ccc4c(c3)C3(c5ccccc5-c5ccccc53)c3ccccc3-4)n2)C2=CC=CCC2c2ccccc21. The Morgan fingerprint density at radius 3 is 1.47 bits per heavy atom. The van der Waals surface area contributed by atoms with Gasteiger partial charge in [-0.15, -0.1) is 0 Å². The third kappa shape index (κ3) is 5.42. The van der Waals surface area contributed by atoms with Crippen molar-refractivity contribution < 1.29 is 0 Å². The third-order valence-electron chi connectivity index (χ3n) is 18.3. The van der Waals surface area contributed by atoms with E-state index in [2.05, 4.69) is 268 Å². The van der Waals surface area contributed by atoms with E-state index in [4.69, 9.17) is 11.6 Å². The Kier molecular flexibility index (Phi) is 9.06. The first-order chi connectivity index (χ1) is 37.5. The molecule has 2 atom stereocenters. The number of nitrogens with zero attached hydrogens (tertiary/aromatic N) is 1. The van der Waals surface area contributed by atoms with Crippen LogP contribution in [0.2, 0.25) is 0 Å². The number of rotatable bonds is 6. The van der Waals surface area contributed by atoms with Gasteiger partial charge < -0.3 is 0 Å². The first kappa shape index (κ1) is 43.3. The number of pyridine rings is 1. The van der Waals surface area contributed by atoms with Gasteiger partial charge in [0.2, 0.25) is 0 Å². The summed E-state index contributed by atoms with van der Waals surface area (Å²) in [7, 11) is 0. The van der Waals surface area contributed by atoms with Crippen LogP contribution in [-0.4, -0.2) is 4.98 Å². The molecule has 2 spiro atoms. The fourth-order valence-corrected chi connectivity index (χ4v) is 15.3. The molecule has 0 amide bonds. The molecular formula is C75H51N. The van der Waals surface area contributed by atoms with Gasteiger partial charge in [-0.2, -0.15) is 0 Å². The molecule has 0 saturated heterocycles. The minimum absolute atomic E-state index is 0.226. The van der Waals surface area contributed by atoms with Gasteiger partial charge >= 0.3 is 0 Å². The van der Waals surface area contributed by atoms with E-state index in [1.807, 2.05) is 0 Å². The summed E-state index contributed by atoms with van der Waals surface area (Å²) >= 11 is 0. The predicted molar refractivity (Wildman–Crippen MR) is 312 cm³/mol.